The molecule has 3 rings (SSSR count). The molecule has 1 heterocycles. The van der Waals surface area contributed by atoms with Gasteiger partial charge in [0, 0.05) is 32.2 Å². The molecular formula is C20H23FN2O2. The maximum atomic E-state index is 13.5. The van der Waals surface area contributed by atoms with Crippen molar-refractivity contribution in [3.8, 4) is 0 Å². The molecule has 0 aliphatic carbocycles. The third-order valence-corrected chi connectivity index (χ3v) is 4.69. The topological polar surface area (TPSA) is 52.6 Å². The molecule has 132 valence electrons. The number of carbonyl (C=O) groups excluding carboxylic acids is 1. The standard InChI is InChI=1S/C20H23FN2O2/c1-23-11-10-15-12-16(6-8-18(15)23)19(24)13-22-20(25)9-7-14-4-2-3-5-17(14)21/h2-6,8,12,19,24H,7,9-11,13H2,1H3,(H,22,25)/t19-/m1/s1. The Morgan fingerprint density at radius 1 is 1.32 bits per heavy atom. The van der Waals surface area contributed by atoms with Crippen LogP contribution in [0.25, 0.3) is 0 Å². The molecule has 0 unspecified atom stereocenters. The molecule has 1 aliphatic rings. The number of rotatable bonds is 6. The first-order valence-electron chi connectivity index (χ1n) is 8.56. The molecule has 0 spiro atoms. The Kier molecular flexibility index (Phi) is 5.34. The number of hydrogen-bond donors (Lipinski definition) is 2. The van der Waals surface area contributed by atoms with Crippen LogP contribution in [0, 0.1) is 5.82 Å². The molecule has 1 atom stereocenters. The van der Waals surface area contributed by atoms with Gasteiger partial charge in [0.2, 0.25) is 5.91 Å². The highest BCUT2D eigenvalue weighted by atomic mass is 19.1. The maximum absolute atomic E-state index is 13.5. The predicted octanol–water partition coefficient (Wildman–Crippen LogP) is 2.60. The lowest BCUT2D eigenvalue weighted by Gasteiger charge is -2.15. The molecule has 0 saturated heterocycles. The van der Waals surface area contributed by atoms with Crippen LogP contribution in [0.15, 0.2) is 42.5 Å². The number of fused-ring (bicyclic) bond motifs is 1. The number of nitrogens with zero attached hydrogens (tertiary/aromatic N) is 1. The van der Waals surface area contributed by atoms with Crippen LogP contribution in [0.1, 0.15) is 29.2 Å². The molecule has 4 nitrogen and oxygen atoms in total. The molecular weight excluding hydrogens is 319 g/mol. The van der Waals surface area contributed by atoms with Gasteiger partial charge < -0.3 is 15.3 Å². The van der Waals surface area contributed by atoms with Gasteiger partial charge in [0.05, 0.1) is 6.10 Å². The Morgan fingerprint density at radius 3 is 2.92 bits per heavy atom. The molecule has 2 aromatic carbocycles. The number of likely N-dealkylation sites (N-methyl/N-ethyl adjacent to an activating group) is 1. The molecule has 1 amide bonds. The fourth-order valence-corrected chi connectivity index (χ4v) is 3.16. The van der Waals surface area contributed by atoms with Gasteiger partial charge in [-0.15, -0.1) is 0 Å². The summed E-state index contributed by atoms with van der Waals surface area (Å²) in [5.41, 5.74) is 3.76. The van der Waals surface area contributed by atoms with Gasteiger partial charge in [-0.3, -0.25) is 4.79 Å². The average Bonchev–Trinajstić information content (AvgIpc) is 2.99. The van der Waals surface area contributed by atoms with Gasteiger partial charge in [-0.25, -0.2) is 4.39 Å². The fraction of sp³-hybridized carbons (Fsp3) is 0.350. The number of benzene rings is 2. The lowest BCUT2D eigenvalue weighted by Crippen LogP contribution is -2.28. The highest BCUT2D eigenvalue weighted by Gasteiger charge is 2.18. The van der Waals surface area contributed by atoms with Crippen molar-refractivity contribution in [3.63, 3.8) is 0 Å². The van der Waals surface area contributed by atoms with Crippen molar-refractivity contribution >= 4 is 11.6 Å². The van der Waals surface area contributed by atoms with E-state index >= 15 is 0 Å². The van der Waals surface area contributed by atoms with E-state index in [1.54, 1.807) is 18.2 Å². The first-order valence-corrected chi connectivity index (χ1v) is 8.56. The summed E-state index contributed by atoms with van der Waals surface area (Å²) >= 11 is 0. The third-order valence-electron chi connectivity index (χ3n) is 4.69. The lowest BCUT2D eigenvalue weighted by atomic mass is 10.0. The Hall–Kier alpha value is -2.40. The van der Waals surface area contributed by atoms with Gasteiger partial charge in [-0.1, -0.05) is 30.3 Å². The van der Waals surface area contributed by atoms with E-state index in [1.165, 1.54) is 17.3 Å². The van der Waals surface area contributed by atoms with Crippen molar-refractivity contribution in [3.05, 3.63) is 65.0 Å². The SMILES string of the molecule is CN1CCc2cc([C@H](O)CNC(=O)CCc3ccccc3F)ccc21. The molecule has 0 radical (unpaired) electrons. The molecule has 1 aliphatic heterocycles. The largest absolute Gasteiger partial charge is 0.387 e. The molecule has 2 aromatic rings. The van der Waals surface area contributed by atoms with Gasteiger partial charge >= 0.3 is 0 Å². The summed E-state index contributed by atoms with van der Waals surface area (Å²) in [7, 11) is 2.05. The van der Waals surface area contributed by atoms with E-state index in [1.807, 2.05) is 18.2 Å². The Labute approximate surface area is 147 Å². The molecule has 0 aromatic heterocycles. The fourth-order valence-electron chi connectivity index (χ4n) is 3.16. The summed E-state index contributed by atoms with van der Waals surface area (Å²) in [6, 6.07) is 12.4. The number of nitrogens with one attached hydrogen (secondary N) is 1. The minimum absolute atomic E-state index is 0.157. The number of aliphatic hydroxyl groups is 1. The van der Waals surface area contributed by atoms with Crippen molar-refractivity contribution in [1.82, 2.24) is 5.32 Å². The van der Waals surface area contributed by atoms with Crippen LogP contribution in [0.3, 0.4) is 0 Å². The van der Waals surface area contributed by atoms with Gasteiger partial charge in [0.15, 0.2) is 0 Å². The zero-order valence-corrected chi connectivity index (χ0v) is 14.3. The summed E-state index contributed by atoms with van der Waals surface area (Å²) in [4.78, 5) is 14.1. The van der Waals surface area contributed by atoms with Gasteiger partial charge in [-0.2, -0.15) is 0 Å². The van der Waals surface area contributed by atoms with Gasteiger partial charge in [0.1, 0.15) is 5.82 Å². The Morgan fingerprint density at radius 2 is 2.12 bits per heavy atom. The van der Waals surface area contributed by atoms with Gasteiger partial charge in [0.25, 0.3) is 0 Å². The van der Waals surface area contributed by atoms with Crippen molar-refractivity contribution < 1.29 is 14.3 Å². The maximum Gasteiger partial charge on any atom is 0.220 e. The van der Waals surface area contributed by atoms with Crippen LogP contribution < -0.4 is 10.2 Å². The predicted molar refractivity (Wildman–Crippen MR) is 96.1 cm³/mol. The van der Waals surface area contributed by atoms with Crippen molar-refractivity contribution in [2.45, 2.75) is 25.4 Å². The summed E-state index contributed by atoms with van der Waals surface area (Å²) in [5, 5.41) is 13.0. The molecule has 0 saturated carbocycles. The number of aliphatic hydroxyl groups excluding tert-OH is 1. The average molecular weight is 342 g/mol. The summed E-state index contributed by atoms with van der Waals surface area (Å²) < 4.78 is 13.5. The first kappa shape index (κ1) is 17.4. The Bertz CT molecular complexity index is 763. The third kappa shape index (κ3) is 4.17. The van der Waals surface area contributed by atoms with Crippen LogP contribution in [-0.4, -0.2) is 31.2 Å². The molecule has 0 fully saturated rings. The van der Waals surface area contributed by atoms with E-state index in [-0.39, 0.29) is 24.7 Å². The van der Waals surface area contributed by atoms with E-state index in [4.69, 9.17) is 0 Å². The second-order valence-corrected chi connectivity index (χ2v) is 6.47. The van der Waals surface area contributed by atoms with E-state index in [9.17, 15) is 14.3 Å². The van der Waals surface area contributed by atoms with E-state index in [0.717, 1.165) is 18.5 Å². The quantitative estimate of drug-likeness (QED) is 0.848. The number of amides is 1. The monoisotopic (exact) mass is 342 g/mol. The van der Waals surface area contributed by atoms with Crippen molar-refractivity contribution in [2.24, 2.45) is 0 Å². The number of carbonyl (C=O) groups is 1. The number of anilines is 1. The van der Waals surface area contributed by atoms with Crippen LogP contribution >= 0.6 is 0 Å². The highest BCUT2D eigenvalue weighted by Crippen LogP contribution is 2.29. The number of halogens is 1. The molecule has 25 heavy (non-hydrogen) atoms. The molecule has 5 heteroatoms. The molecule has 0 bridgehead atoms. The van der Waals surface area contributed by atoms with E-state index in [0.29, 0.717) is 12.0 Å². The van der Waals surface area contributed by atoms with Crippen LogP contribution in [0.4, 0.5) is 10.1 Å². The lowest BCUT2D eigenvalue weighted by molar-refractivity contribution is -0.121. The number of hydrogen-bond acceptors (Lipinski definition) is 3. The minimum Gasteiger partial charge on any atom is -0.387 e. The summed E-state index contributed by atoms with van der Waals surface area (Å²) in [5.74, 6) is -0.485. The van der Waals surface area contributed by atoms with Crippen molar-refractivity contribution in [1.29, 1.82) is 0 Å². The summed E-state index contributed by atoms with van der Waals surface area (Å²) in [6.45, 7) is 1.15. The van der Waals surface area contributed by atoms with Crippen LogP contribution in [0.2, 0.25) is 0 Å². The zero-order chi connectivity index (χ0) is 17.8. The Balaban J connectivity index is 1.49. The minimum atomic E-state index is -0.742. The highest BCUT2D eigenvalue weighted by molar-refractivity contribution is 5.76. The van der Waals surface area contributed by atoms with E-state index < -0.39 is 6.10 Å². The zero-order valence-electron chi connectivity index (χ0n) is 14.3. The normalized spacial score (nSPS) is 14.3. The van der Waals surface area contributed by atoms with E-state index in [2.05, 4.69) is 17.3 Å². The van der Waals surface area contributed by atoms with Gasteiger partial charge in [-0.05, 0) is 41.7 Å². The van der Waals surface area contributed by atoms with Crippen LogP contribution in [-0.2, 0) is 17.6 Å². The number of aryl methyl sites for hydroxylation is 1. The van der Waals surface area contributed by atoms with Crippen LogP contribution in [0.5, 0.6) is 0 Å². The first-order chi connectivity index (χ1) is 12.0. The smallest absolute Gasteiger partial charge is 0.220 e. The second kappa shape index (κ2) is 7.66. The summed E-state index contributed by atoms with van der Waals surface area (Å²) in [6.07, 6.45) is 0.776. The molecule has 2 N–H and O–H groups in total. The second-order valence-electron chi connectivity index (χ2n) is 6.47. The van der Waals surface area contributed by atoms with Crippen molar-refractivity contribution in [2.75, 3.05) is 25.0 Å².